The summed E-state index contributed by atoms with van der Waals surface area (Å²) in [6, 6.07) is 13.2. The zero-order valence-electron chi connectivity index (χ0n) is 12.4. The molecule has 0 saturated carbocycles. The maximum atomic E-state index is 12.6. The molecule has 0 aliphatic carbocycles. The molecule has 2 rings (SSSR count). The van der Waals surface area contributed by atoms with Crippen molar-refractivity contribution in [3.63, 3.8) is 0 Å². The van der Waals surface area contributed by atoms with Crippen LogP contribution in [0.3, 0.4) is 0 Å². The first-order valence-electron chi connectivity index (χ1n) is 7.05. The molecule has 108 valence electrons. The molecule has 0 aliphatic heterocycles. The fourth-order valence-corrected chi connectivity index (χ4v) is 2.27. The number of aryl methyl sites for hydroxylation is 1. The van der Waals surface area contributed by atoms with Gasteiger partial charge in [-0.05, 0) is 36.2 Å². The van der Waals surface area contributed by atoms with E-state index in [4.69, 9.17) is 5.26 Å². The molecular formula is C17H19N3O. The van der Waals surface area contributed by atoms with Crippen LogP contribution in [0.15, 0.2) is 42.6 Å². The van der Waals surface area contributed by atoms with Crippen molar-refractivity contribution in [3.8, 4) is 6.07 Å². The van der Waals surface area contributed by atoms with Crippen LogP contribution >= 0.6 is 0 Å². The average molecular weight is 281 g/mol. The van der Waals surface area contributed by atoms with Gasteiger partial charge in [0.05, 0.1) is 11.6 Å². The van der Waals surface area contributed by atoms with Gasteiger partial charge in [0.1, 0.15) is 5.69 Å². The van der Waals surface area contributed by atoms with E-state index in [0.717, 1.165) is 12.0 Å². The molecule has 1 amide bonds. The number of hydrogen-bond acceptors (Lipinski definition) is 2. The normalized spacial score (nSPS) is 10.1. The lowest BCUT2D eigenvalue weighted by Crippen LogP contribution is -2.32. The summed E-state index contributed by atoms with van der Waals surface area (Å²) in [6.45, 7) is 3.33. The number of aromatic nitrogens is 1. The highest BCUT2D eigenvalue weighted by molar-refractivity contribution is 5.92. The molecule has 1 aromatic carbocycles. The van der Waals surface area contributed by atoms with Crippen LogP contribution in [-0.4, -0.2) is 21.9 Å². The molecule has 0 unspecified atom stereocenters. The van der Waals surface area contributed by atoms with Gasteiger partial charge in [-0.2, -0.15) is 5.26 Å². The highest BCUT2D eigenvalue weighted by atomic mass is 16.2. The Morgan fingerprint density at radius 3 is 2.52 bits per heavy atom. The van der Waals surface area contributed by atoms with Crippen LogP contribution in [0.1, 0.15) is 35.0 Å². The minimum Gasteiger partial charge on any atom is -0.347 e. The monoisotopic (exact) mass is 281 g/mol. The van der Waals surface area contributed by atoms with E-state index < -0.39 is 0 Å². The largest absolute Gasteiger partial charge is 0.347 e. The van der Waals surface area contributed by atoms with Crippen LogP contribution < -0.4 is 0 Å². The number of nitrogens with zero attached hydrogens (tertiary/aromatic N) is 3. The van der Waals surface area contributed by atoms with Crippen molar-refractivity contribution in [2.45, 2.75) is 19.9 Å². The third kappa shape index (κ3) is 3.51. The molecule has 2 aromatic rings. The maximum absolute atomic E-state index is 12.6. The van der Waals surface area contributed by atoms with Gasteiger partial charge in [0.15, 0.2) is 0 Å². The number of carbonyl (C=O) groups excluding carboxylic acids is 1. The highest BCUT2D eigenvalue weighted by Gasteiger charge is 2.17. The highest BCUT2D eigenvalue weighted by Crippen LogP contribution is 2.12. The Kier molecular flexibility index (Phi) is 4.78. The van der Waals surface area contributed by atoms with Crippen LogP contribution in [-0.2, 0) is 13.6 Å². The smallest absolute Gasteiger partial charge is 0.270 e. The van der Waals surface area contributed by atoms with Crippen LogP contribution in [0.25, 0.3) is 0 Å². The molecule has 1 heterocycles. The van der Waals surface area contributed by atoms with Crippen molar-refractivity contribution in [3.05, 3.63) is 59.4 Å². The Hall–Kier alpha value is -2.54. The number of hydrogen-bond donors (Lipinski definition) is 0. The summed E-state index contributed by atoms with van der Waals surface area (Å²) >= 11 is 0. The molecule has 0 spiro atoms. The zero-order chi connectivity index (χ0) is 15.2. The molecule has 1 aromatic heterocycles. The molecule has 21 heavy (non-hydrogen) atoms. The SMILES string of the molecule is CCCN(Cc1ccc(C#N)cc1)C(=O)c1cccn1C. The summed E-state index contributed by atoms with van der Waals surface area (Å²) in [7, 11) is 1.87. The summed E-state index contributed by atoms with van der Waals surface area (Å²) in [4.78, 5) is 14.4. The molecule has 0 atom stereocenters. The Bertz CT molecular complexity index is 649. The fraction of sp³-hybridized carbons (Fsp3) is 0.294. The van der Waals surface area contributed by atoms with Gasteiger partial charge in [-0.25, -0.2) is 0 Å². The number of rotatable bonds is 5. The maximum Gasteiger partial charge on any atom is 0.270 e. The van der Waals surface area contributed by atoms with E-state index in [1.54, 1.807) is 12.1 Å². The summed E-state index contributed by atoms with van der Waals surface area (Å²) < 4.78 is 1.84. The Labute approximate surface area is 125 Å². The van der Waals surface area contributed by atoms with E-state index in [1.807, 2.05) is 47.0 Å². The first-order chi connectivity index (χ1) is 10.2. The summed E-state index contributed by atoms with van der Waals surface area (Å²) in [6.07, 6.45) is 2.78. The molecule has 0 radical (unpaired) electrons. The lowest BCUT2D eigenvalue weighted by Gasteiger charge is -2.22. The standard InChI is InChI=1S/C17H19N3O/c1-3-10-20(17(21)16-5-4-11-19(16)2)13-15-8-6-14(12-18)7-9-15/h4-9,11H,3,10,13H2,1-2H3. The van der Waals surface area contributed by atoms with Crippen molar-refractivity contribution >= 4 is 5.91 Å². The van der Waals surface area contributed by atoms with Crippen molar-refractivity contribution in [2.24, 2.45) is 7.05 Å². The Balaban J connectivity index is 2.17. The van der Waals surface area contributed by atoms with Gasteiger partial charge in [0.2, 0.25) is 0 Å². The predicted octanol–water partition coefficient (Wildman–Crippen LogP) is 2.95. The van der Waals surface area contributed by atoms with E-state index in [1.165, 1.54) is 0 Å². The lowest BCUT2D eigenvalue weighted by atomic mass is 10.1. The van der Waals surface area contributed by atoms with Gasteiger partial charge in [0.25, 0.3) is 5.91 Å². The molecule has 4 nitrogen and oxygen atoms in total. The predicted molar refractivity (Wildman–Crippen MR) is 81.6 cm³/mol. The van der Waals surface area contributed by atoms with Crippen LogP contribution in [0.4, 0.5) is 0 Å². The average Bonchev–Trinajstić information content (AvgIpc) is 2.93. The minimum atomic E-state index is 0.0358. The van der Waals surface area contributed by atoms with Crippen molar-refractivity contribution in [2.75, 3.05) is 6.54 Å². The Morgan fingerprint density at radius 2 is 2.00 bits per heavy atom. The van der Waals surface area contributed by atoms with E-state index in [9.17, 15) is 4.79 Å². The van der Waals surface area contributed by atoms with Crippen molar-refractivity contribution in [1.82, 2.24) is 9.47 Å². The second kappa shape index (κ2) is 6.76. The number of nitriles is 1. The van der Waals surface area contributed by atoms with Gasteiger partial charge in [-0.1, -0.05) is 19.1 Å². The van der Waals surface area contributed by atoms with E-state index in [0.29, 0.717) is 24.3 Å². The van der Waals surface area contributed by atoms with Crippen LogP contribution in [0, 0.1) is 11.3 Å². The van der Waals surface area contributed by atoms with E-state index in [2.05, 4.69) is 13.0 Å². The third-order valence-electron chi connectivity index (χ3n) is 3.40. The van der Waals surface area contributed by atoms with Gasteiger partial charge in [-0.3, -0.25) is 4.79 Å². The van der Waals surface area contributed by atoms with Crippen LogP contribution in [0.5, 0.6) is 0 Å². The molecule has 0 fully saturated rings. The molecule has 4 heteroatoms. The molecule has 0 bridgehead atoms. The van der Waals surface area contributed by atoms with Gasteiger partial charge >= 0.3 is 0 Å². The summed E-state index contributed by atoms with van der Waals surface area (Å²) in [5.74, 6) is 0.0358. The first-order valence-corrected chi connectivity index (χ1v) is 7.05. The van der Waals surface area contributed by atoms with E-state index >= 15 is 0 Å². The van der Waals surface area contributed by atoms with Crippen molar-refractivity contribution in [1.29, 1.82) is 5.26 Å². The number of benzene rings is 1. The van der Waals surface area contributed by atoms with Gasteiger partial charge in [-0.15, -0.1) is 0 Å². The topological polar surface area (TPSA) is 49.0 Å². The Morgan fingerprint density at radius 1 is 1.29 bits per heavy atom. The number of amides is 1. The molecular weight excluding hydrogens is 262 g/mol. The third-order valence-corrected chi connectivity index (χ3v) is 3.40. The lowest BCUT2D eigenvalue weighted by molar-refractivity contribution is 0.0733. The quantitative estimate of drug-likeness (QED) is 0.846. The fourth-order valence-electron chi connectivity index (χ4n) is 2.27. The van der Waals surface area contributed by atoms with E-state index in [-0.39, 0.29) is 5.91 Å². The zero-order valence-corrected chi connectivity index (χ0v) is 12.4. The second-order valence-electron chi connectivity index (χ2n) is 5.04. The van der Waals surface area contributed by atoms with Crippen LogP contribution in [0.2, 0.25) is 0 Å². The number of carbonyl (C=O) groups is 1. The minimum absolute atomic E-state index is 0.0358. The summed E-state index contributed by atoms with van der Waals surface area (Å²) in [5.41, 5.74) is 2.36. The first kappa shape index (κ1) is 14.9. The second-order valence-corrected chi connectivity index (χ2v) is 5.04. The summed E-state index contributed by atoms with van der Waals surface area (Å²) in [5, 5.41) is 8.82. The van der Waals surface area contributed by atoms with Gasteiger partial charge in [0, 0.05) is 26.3 Å². The molecule has 0 aliphatic rings. The van der Waals surface area contributed by atoms with Crippen molar-refractivity contribution < 1.29 is 4.79 Å². The molecule has 0 N–H and O–H groups in total. The molecule has 0 saturated heterocycles. The van der Waals surface area contributed by atoms with Gasteiger partial charge < -0.3 is 9.47 Å².